The summed E-state index contributed by atoms with van der Waals surface area (Å²) in [7, 11) is 0. The lowest BCUT2D eigenvalue weighted by Crippen LogP contribution is -2.40. The number of benzene rings is 4. The summed E-state index contributed by atoms with van der Waals surface area (Å²) < 4.78 is 83.2. The molecule has 0 aliphatic heterocycles. The molecule has 8 nitrogen and oxygen atoms in total. The number of hydrogen-bond donors (Lipinski definition) is 2. The molecule has 4 N–H and O–H groups in total. The molecule has 2 aliphatic carbocycles. The Hall–Kier alpha value is -5.78. The summed E-state index contributed by atoms with van der Waals surface area (Å²) in [6.07, 6.45) is 6.78. The fourth-order valence-electron chi connectivity index (χ4n) is 9.36. The molecule has 4 aromatic carbocycles. The number of hydrogen-bond acceptors (Lipinski definition) is 8. The molecule has 0 aromatic heterocycles. The standard InChI is InChI=1S/C53H62F4N2O6/c1-3-41-9-5-7-11-47(41)52(54,55)64-45-27-17-37(18-28-45)21-31-49(60)62-35-51(33-39-13-23-43(58)24-14-39,34-40-15-25-44(59)26-16-40)36-63-50(61)32-22-38-19-29-46(30-20-38)65-53(56,57)48-12-8-6-10-42(48)4-2/h13-32,41-42,47-48H,3-12,33-36,58-59H2,1-2H3/b31-21+,32-22+. The zero-order valence-corrected chi connectivity index (χ0v) is 37.4. The lowest BCUT2D eigenvalue weighted by molar-refractivity contribution is -0.234. The van der Waals surface area contributed by atoms with Crippen molar-refractivity contribution in [3.05, 3.63) is 131 Å². The van der Waals surface area contributed by atoms with Gasteiger partial charge in [-0.3, -0.25) is 0 Å². The normalized spacial score (nSPS) is 19.5. The van der Waals surface area contributed by atoms with E-state index in [0.29, 0.717) is 61.0 Å². The highest BCUT2D eigenvalue weighted by molar-refractivity contribution is 5.87. The summed E-state index contributed by atoms with van der Waals surface area (Å²) in [5.74, 6) is -3.10. The van der Waals surface area contributed by atoms with E-state index < -0.39 is 41.4 Å². The van der Waals surface area contributed by atoms with Gasteiger partial charge in [0, 0.05) is 28.9 Å². The Morgan fingerprint density at radius 2 is 0.908 bits per heavy atom. The van der Waals surface area contributed by atoms with E-state index >= 15 is 17.6 Å². The highest BCUT2D eigenvalue weighted by atomic mass is 19.3. The van der Waals surface area contributed by atoms with Gasteiger partial charge in [-0.15, -0.1) is 0 Å². The van der Waals surface area contributed by atoms with Crippen molar-refractivity contribution in [2.24, 2.45) is 29.1 Å². The van der Waals surface area contributed by atoms with E-state index in [2.05, 4.69) is 0 Å². The van der Waals surface area contributed by atoms with Crippen molar-refractivity contribution in [3.63, 3.8) is 0 Å². The topological polar surface area (TPSA) is 123 Å². The summed E-state index contributed by atoms with van der Waals surface area (Å²) in [5.41, 5.74) is 15.0. The first-order chi connectivity index (χ1) is 31.2. The molecule has 348 valence electrons. The Balaban J connectivity index is 1.13. The van der Waals surface area contributed by atoms with Gasteiger partial charge in [-0.2, -0.15) is 17.6 Å². The molecule has 0 spiro atoms. The van der Waals surface area contributed by atoms with E-state index in [1.54, 1.807) is 48.5 Å². The molecule has 0 saturated heterocycles. The third-order valence-electron chi connectivity index (χ3n) is 13.0. The fourth-order valence-corrected chi connectivity index (χ4v) is 9.36. The molecule has 0 radical (unpaired) electrons. The van der Waals surface area contributed by atoms with Gasteiger partial charge in [0.2, 0.25) is 0 Å². The number of alkyl halides is 4. The number of carbonyl (C=O) groups is 2. The molecular weight excluding hydrogens is 837 g/mol. The van der Waals surface area contributed by atoms with Gasteiger partial charge in [-0.05, 0) is 133 Å². The maximum atomic E-state index is 15.2. The van der Waals surface area contributed by atoms with E-state index in [-0.39, 0.29) is 36.5 Å². The van der Waals surface area contributed by atoms with Crippen LogP contribution in [0.15, 0.2) is 109 Å². The maximum absolute atomic E-state index is 15.2. The molecule has 0 heterocycles. The minimum Gasteiger partial charge on any atom is -0.462 e. The van der Waals surface area contributed by atoms with Gasteiger partial charge >= 0.3 is 24.2 Å². The van der Waals surface area contributed by atoms with Crippen molar-refractivity contribution >= 4 is 35.5 Å². The van der Waals surface area contributed by atoms with Gasteiger partial charge in [-0.1, -0.05) is 101 Å². The maximum Gasteiger partial charge on any atom is 0.400 e. The third kappa shape index (κ3) is 14.1. The van der Waals surface area contributed by atoms with E-state index in [9.17, 15) is 9.59 Å². The molecule has 65 heavy (non-hydrogen) atoms. The first-order valence-corrected chi connectivity index (χ1v) is 22.9. The number of anilines is 2. The SMILES string of the molecule is CCC1CCCCC1C(F)(F)Oc1ccc(/C=C/C(=O)OCC(COC(=O)/C=C/c2ccc(OC(F)(F)C3CCCCC3CC)cc2)(Cc2ccc(N)cc2)Cc2ccc(N)cc2)cc1. The Morgan fingerprint density at radius 3 is 1.26 bits per heavy atom. The number of nitrogens with two attached hydrogens (primary N) is 2. The molecule has 6 rings (SSSR count). The number of rotatable bonds is 20. The first kappa shape index (κ1) is 48.7. The zero-order valence-electron chi connectivity index (χ0n) is 37.4. The van der Waals surface area contributed by atoms with Gasteiger partial charge in [0.15, 0.2) is 0 Å². The van der Waals surface area contributed by atoms with Crippen LogP contribution in [0.4, 0.5) is 28.9 Å². The second-order valence-electron chi connectivity index (χ2n) is 17.8. The van der Waals surface area contributed by atoms with Crippen molar-refractivity contribution < 1.29 is 46.1 Å². The van der Waals surface area contributed by atoms with E-state index in [4.69, 9.17) is 30.4 Å². The Kier molecular flexibility index (Phi) is 16.8. The van der Waals surface area contributed by atoms with Gasteiger partial charge in [-0.25, -0.2) is 9.59 Å². The van der Waals surface area contributed by atoms with Crippen molar-refractivity contribution in [2.45, 2.75) is 103 Å². The summed E-state index contributed by atoms with van der Waals surface area (Å²) in [4.78, 5) is 26.6. The number of nitrogen functional groups attached to an aromatic ring is 2. The minimum absolute atomic E-state index is 0.0413. The molecular formula is C53H62F4N2O6. The summed E-state index contributed by atoms with van der Waals surface area (Å²) in [6, 6.07) is 26.7. The molecule has 2 fully saturated rings. The number of esters is 2. The average Bonchev–Trinajstić information content (AvgIpc) is 3.31. The van der Waals surface area contributed by atoms with Crippen LogP contribution in [0, 0.1) is 29.1 Å². The monoisotopic (exact) mass is 898 g/mol. The van der Waals surface area contributed by atoms with E-state index in [1.807, 2.05) is 38.1 Å². The number of halogens is 4. The fraction of sp³-hybridized carbons (Fsp3) is 0.434. The predicted octanol–water partition coefficient (Wildman–Crippen LogP) is 12.5. The van der Waals surface area contributed by atoms with Crippen molar-refractivity contribution in [3.8, 4) is 11.5 Å². The van der Waals surface area contributed by atoms with Crippen molar-refractivity contribution in [1.82, 2.24) is 0 Å². The van der Waals surface area contributed by atoms with E-state index in [0.717, 1.165) is 49.7 Å². The molecule has 4 unspecified atom stereocenters. The minimum atomic E-state index is -3.29. The van der Waals surface area contributed by atoms with Gasteiger partial charge < -0.3 is 30.4 Å². The van der Waals surface area contributed by atoms with Crippen molar-refractivity contribution in [1.29, 1.82) is 0 Å². The Bertz CT molecular complexity index is 2040. The second kappa shape index (κ2) is 22.4. The highest BCUT2D eigenvalue weighted by Gasteiger charge is 2.48. The van der Waals surface area contributed by atoms with Crippen LogP contribution in [0.2, 0.25) is 0 Å². The largest absolute Gasteiger partial charge is 0.462 e. The molecule has 0 amide bonds. The Labute approximate surface area is 380 Å². The van der Waals surface area contributed by atoms with Crippen LogP contribution in [-0.2, 0) is 31.9 Å². The van der Waals surface area contributed by atoms with E-state index in [1.165, 1.54) is 48.6 Å². The van der Waals surface area contributed by atoms with Crippen LogP contribution in [0.5, 0.6) is 11.5 Å². The smallest absolute Gasteiger partial charge is 0.400 e. The lowest BCUT2D eigenvalue weighted by Gasteiger charge is -2.35. The predicted molar refractivity (Wildman–Crippen MR) is 247 cm³/mol. The van der Waals surface area contributed by atoms with Crippen LogP contribution in [-0.4, -0.2) is 37.4 Å². The number of carbonyl (C=O) groups excluding carboxylic acids is 2. The Morgan fingerprint density at radius 1 is 0.554 bits per heavy atom. The van der Waals surface area contributed by atoms with Crippen LogP contribution in [0.1, 0.15) is 100 Å². The van der Waals surface area contributed by atoms with Gasteiger partial charge in [0.25, 0.3) is 0 Å². The summed E-state index contributed by atoms with van der Waals surface area (Å²) >= 11 is 0. The second-order valence-corrected chi connectivity index (χ2v) is 17.8. The molecule has 2 saturated carbocycles. The van der Waals surface area contributed by atoms with Gasteiger partial charge in [0.05, 0.1) is 11.8 Å². The van der Waals surface area contributed by atoms with Crippen molar-refractivity contribution in [2.75, 3.05) is 24.7 Å². The first-order valence-electron chi connectivity index (χ1n) is 22.9. The van der Waals surface area contributed by atoms with Crippen LogP contribution >= 0.6 is 0 Å². The van der Waals surface area contributed by atoms with Crippen LogP contribution < -0.4 is 20.9 Å². The molecule has 4 aromatic rings. The lowest BCUT2D eigenvalue weighted by atomic mass is 9.77. The van der Waals surface area contributed by atoms with Crippen LogP contribution in [0.3, 0.4) is 0 Å². The molecule has 12 heteroatoms. The van der Waals surface area contributed by atoms with Crippen LogP contribution in [0.25, 0.3) is 12.2 Å². The third-order valence-corrected chi connectivity index (χ3v) is 13.0. The summed E-state index contributed by atoms with van der Waals surface area (Å²) in [5, 5.41) is 0. The highest BCUT2D eigenvalue weighted by Crippen LogP contribution is 2.44. The quantitative estimate of drug-likeness (QED) is 0.0389. The molecule has 0 bridgehead atoms. The molecule has 4 atom stereocenters. The average molecular weight is 899 g/mol. The zero-order chi connectivity index (χ0) is 46.5. The molecule has 2 aliphatic rings. The van der Waals surface area contributed by atoms with Gasteiger partial charge in [0.1, 0.15) is 24.7 Å². The number of ether oxygens (including phenoxy) is 4. The summed E-state index contributed by atoms with van der Waals surface area (Å²) in [6.45, 7) is 3.56.